The van der Waals surface area contributed by atoms with Crippen molar-refractivity contribution in [3.63, 3.8) is 0 Å². The number of allylic oxidation sites excluding steroid dienone is 1. The highest BCUT2D eigenvalue weighted by molar-refractivity contribution is 6.32. The number of ketones is 1. The lowest BCUT2D eigenvalue weighted by Crippen LogP contribution is -2.13. The summed E-state index contributed by atoms with van der Waals surface area (Å²) in [4.78, 5) is 24.7. The smallest absolute Gasteiger partial charge is 0.343 e. The molecule has 3 aromatic rings. The molecule has 0 amide bonds. The van der Waals surface area contributed by atoms with Crippen molar-refractivity contribution in [1.29, 1.82) is 0 Å². The Balaban J connectivity index is 1.64. The van der Waals surface area contributed by atoms with E-state index in [1.54, 1.807) is 48.5 Å². The lowest BCUT2D eigenvalue weighted by Gasteiger charge is -2.18. The first kappa shape index (κ1) is 21.5. The van der Waals surface area contributed by atoms with Gasteiger partial charge in [-0.3, -0.25) is 4.79 Å². The SMILES string of the molecule is CC(C)(C)c1ccc(C(=O)Oc2ccc(C(=O)/C=C/c3ccccc3Cl)cc2)cc1. The molecule has 152 valence electrons. The zero-order chi connectivity index (χ0) is 21.7. The quantitative estimate of drug-likeness (QED) is 0.199. The molecule has 0 aromatic heterocycles. The van der Waals surface area contributed by atoms with Gasteiger partial charge in [-0.1, -0.05) is 62.7 Å². The van der Waals surface area contributed by atoms with Crippen molar-refractivity contribution < 1.29 is 14.3 Å². The Kier molecular flexibility index (Phi) is 6.53. The van der Waals surface area contributed by atoms with Crippen molar-refractivity contribution in [3.05, 3.63) is 106 Å². The summed E-state index contributed by atoms with van der Waals surface area (Å²) in [5, 5.41) is 0.583. The molecule has 3 aromatic carbocycles. The van der Waals surface area contributed by atoms with Gasteiger partial charge in [-0.25, -0.2) is 4.79 Å². The number of carbonyl (C=O) groups excluding carboxylic acids is 2. The molecule has 0 fully saturated rings. The van der Waals surface area contributed by atoms with Crippen molar-refractivity contribution in [2.45, 2.75) is 26.2 Å². The summed E-state index contributed by atoms with van der Waals surface area (Å²) >= 11 is 6.09. The molecule has 0 spiro atoms. The van der Waals surface area contributed by atoms with Gasteiger partial charge in [0.05, 0.1) is 5.56 Å². The molecule has 0 saturated carbocycles. The van der Waals surface area contributed by atoms with E-state index in [1.165, 1.54) is 6.08 Å². The second-order valence-corrected chi connectivity index (χ2v) is 8.37. The molecule has 0 aliphatic rings. The van der Waals surface area contributed by atoms with Crippen molar-refractivity contribution in [2.24, 2.45) is 0 Å². The minimum absolute atomic E-state index is 0.0189. The molecule has 0 aliphatic carbocycles. The number of esters is 1. The fraction of sp³-hybridized carbons (Fsp3) is 0.154. The topological polar surface area (TPSA) is 43.4 Å². The molecule has 3 rings (SSSR count). The van der Waals surface area contributed by atoms with Gasteiger partial charge in [0.25, 0.3) is 0 Å². The average molecular weight is 419 g/mol. The van der Waals surface area contributed by atoms with E-state index in [1.807, 2.05) is 30.3 Å². The Labute approximate surface area is 182 Å². The normalized spacial score (nSPS) is 11.5. The fourth-order valence-electron chi connectivity index (χ4n) is 2.83. The van der Waals surface area contributed by atoms with Crippen molar-refractivity contribution >= 4 is 29.4 Å². The maximum Gasteiger partial charge on any atom is 0.343 e. The van der Waals surface area contributed by atoms with Gasteiger partial charge in [-0.05, 0) is 71.2 Å². The standard InChI is InChI=1S/C26H23ClO3/c1-26(2,3)21-13-8-20(9-14-21)25(29)30-22-15-10-19(11-16-22)24(28)17-12-18-6-4-5-7-23(18)27/h4-17H,1-3H3/b17-12+. The molecule has 3 nitrogen and oxygen atoms in total. The maximum atomic E-state index is 12.4. The van der Waals surface area contributed by atoms with E-state index in [4.69, 9.17) is 16.3 Å². The number of halogens is 1. The fourth-order valence-corrected chi connectivity index (χ4v) is 3.03. The van der Waals surface area contributed by atoms with Crippen molar-refractivity contribution in [2.75, 3.05) is 0 Å². The van der Waals surface area contributed by atoms with Gasteiger partial charge in [-0.2, -0.15) is 0 Å². The minimum Gasteiger partial charge on any atom is -0.423 e. The van der Waals surface area contributed by atoms with Crippen LogP contribution in [0.4, 0.5) is 0 Å². The van der Waals surface area contributed by atoms with Gasteiger partial charge in [0.15, 0.2) is 5.78 Å². The lowest BCUT2D eigenvalue weighted by atomic mass is 9.87. The lowest BCUT2D eigenvalue weighted by molar-refractivity contribution is 0.0734. The Bertz CT molecular complexity index is 1070. The predicted octanol–water partition coefficient (Wildman–Crippen LogP) is 6.75. The highest BCUT2D eigenvalue weighted by atomic mass is 35.5. The van der Waals surface area contributed by atoms with Gasteiger partial charge in [0.1, 0.15) is 5.75 Å². The van der Waals surface area contributed by atoms with E-state index in [9.17, 15) is 9.59 Å². The molecular formula is C26H23ClO3. The molecule has 0 aliphatic heterocycles. The van der Waals surface area contributed by atoms with Crippen LogP contribution < -0.4 is 4.74 Å². The molecule has 0 bridgehead atoms. The van der Waals surface area contributed by atoms with Gasteiger partial charge in [0.2, 0.25) is 0 Å². The van der Waals surface area contributed by atoms with Crippen LogP contribution in [0.25, 0.3) is 6.08 Å². The van der Waals surface area contributed by atoms with Crippen molar-refractivity contribution in [3.8, 4) is 5.75 Å². The van der Waals surface area contributed by atoms with Crippen LogP contribution in [0.2, 0.25) is 5.02 Å². The molecule has 0 heterocycles. The van der Waals surface area contributed by atoms with Crippen LogP contribution in [-0.4, -0.2) is 11.8 Å². The van der Waals surface area contributed by atoms with Gasteiger partial charge in [-0.15, -0.1) is 0 Å². The molecule has 0 saturated heterocycles. The number of hydrogen-bond donors (Lipinski definition) is 0. The summed E-state index contributed by atoms with van der Waals surface area (Å²) in [5.74, 6) is -0.217. The third kappa shape index (κ3) is 5.46. The first-order valence-corrected chi connectivity index (χ1v) is 10.0. The Morgan fingerprint density at radius 2 is 1.43 bits per heavy atom. The molecule has 4 heteroatoms. The summed E-state index contributed by atoms with van der Waals surface area (Å²) < 4.78 is 5.42. The maximum absolute atomic E-state index is 12.4. The Hall–Kier alpha value is -3.17. The molecule has 0 radical (unpaired) electrons. The largest absolute Gasteiger partial charge is 0.423 e. The van der Waals surface area contributed by atoms with E-state index < -0.39 is 5.97 Å². The molecular weight excluding hydrogens is 396 g/mol. The number of rotatable bonds is 5. The van der Waals surface area contributed by atoms with Crippen LogP contribution >= 0.6 is 11.6 Å². The Morgan fingerprint density at radius 1 is 0.833 bits per heavy atom. The molecule has 0 N–H and O–H groups in total. The second-order valence-electron chi connectivity index (χ2n) is 7.96. The molecule has 30 heavy (non-hydrogen) atoms. The van der Waals surface area contributed by atoms with Gasteiger partial charge < -0.3 is 4.74 Å². The summed E-state index contributed by atoms with van der Waals surface area (Å²) in [7, 11) is 0. The van der Waals surface area contributed by atoms with Gasteiger partial charge >= 0.3 is 5.97 Å². The van der Waals surface area contributed by atoms with E-state index in [0.29, 0.717) is 21.9 Å². The van der Waals surface area contributed by atoms with Crippen LogP contribution in [0.1, 0.15) is 52.6 Å². The van der Waals surface area contributed by atoms with E-state index in [0.717, 1.165) is 11.1 Å². The monoisotopic (exact) mass is 418 g/mol. The highest BCUT2D eigenvalue weighted by Gasteiger charge is 2.15. The van der Waals surface area contributed by atoms with Gasteiger partial charge in [0, 0.05) is 10.6 Å². The number of ether oxygens (including phenoxy) is 1. The predicted molar refractivity (Wildman–Crippen MR) is 121 cm³/mol. The highest BCUT2D eigenvalue weighted by Crippen LogP contribution is 2.23. The second kappa shape index (κ2) is 9.10. The van der Waals surface area contributed by atoms with Crippen LogP contribution in [0, 0.1) is 0 Å². The summed E-state index contributed by atoms with van der Waals surface area (Å²) in [6.07, 6.45) is 3.15. The van der Waals surface area contributed by atoms with E-state index >= 15 is 0 Å². The van der Waals surface area contributed by atoms with Crippen LogP contribution in [-0.2, 0) is 5.41 Å². The molecule has 0 unspecified atom stereocenters. The third-order valence-electron chi connectivity index (χ3n) is 4.66. The average Bonchev–Trinajstić information content (AvgIpc) is 2.73. The number of benzene rings is 3. The molecule has 0 atom stereocenters. The third-order valence-corrected chi connectivity index (χ3v) is 5.00. The van der Waals surface area contributed by atoms with Crippen molar-refractivity contribution in [1.82, 2.24) is 0 Å². The van der Waals surface area contributed by atoms with Crippen LogP contribution in [0.15, 0.2) is 78.9 Å². The zero-order valence-corrected chi connectivity index (χ0v) is 17.9. The Morgan fingerprint density at radius 3 is 2.03 bits per heavy atom. The first-order valence-electron chi connectivity index (χ1n) is 9.64. The van der Waals surface area contributed by atoms with Crippen LogP contribution in [0.3, 0.4) is 0 Å². The van der Waals surface area contributed by atoms with E-state index in [-0.39, 0.29) is 11.2 Å². The zero-order valence-electron chi connectivity index (χ0n) is 17.2. The van der Waals surface area contributed by atoms with E-state index in [2.05, 4.69) is 20.8 Å². The number of hydrogen-bond acceptors (Lipinski definition) is 3. The summed E-state index contributed by atoms with van der Waals surface area (Å²) in [5.41, 5.74) is 2.91. The van der Waals surface area contributed by atoms with Crippen LogP contribution in [0.5, 0.6) is 5.75 Å². The minimum atomic E-state index is -0.437. The summed E-state index contributed by atoms with van der Waals surface area (Å²) in [6.45, 7) is 6.35. The first-order chi connectivity index (χ1) is 14.2. The summed E-state index contributed by atoms with van der Waals surface area (Å²) in [6, 6.07) is 21.2. The number of carbonyl (C=O) groups is 2.